The summed E-state index contributed by atoms with van der Waals surface area (Å²) in [5.41, 5.74) is 2.94. The van der Waals surface area contributed by atoms with Crippen LogP contribution in [0.3, 0.4) is 0 Å². The van der Waals surface area contributed by atoms with Gasteiger partial charge in [0.05, 0.1) is 0 Å². The van der Waals surface area contributed by atoms with Gasteiger partial charge in [-0.2, -0.15) is 0 Å². The molecule has 0 radical (unpaired) electrons. The van der Waals surface area contributed by atoms with Crippen molar-refractivity contribution in [1.29, 1.82) is 0 Å². The second-order valence-corrected chi connectivity index (χ2v) is 5.04. The van der Waals surface area contributed by atoms with Crippen LogP contribution in [-0.2, 0) is 13.1 Å². The first-order valence-electron chi connectivity index (χ1n) is 5.18. The topological polar surface area (TPSA) is 8.17 Å². The van der Waals surface area contributed by atoms with Gasteiger partial charge in [-0.15, -0.1) is 0 Å². The van der Waals surface area contributed by atoms with Crippen LogP contribution in [0.4, 0.5) is 0 Å². The lowest BCUT2D eigenvalue weighted by Gasteiger charge is -2.25. The first kappa shape index (κ1) is 10.1. The third-order valence-electron chi connectivity index (χ3n) is 2.86. The van der Waals surface area contributed by atoms with Gasteiger partial charge in [0.15, 0.2) is 0 Å². The Morgan fingerprint density at radius 2 is 2.14 bits per heavy atom. The molecule has 2 rings (SSSR count). The first-order chi connectivity index (χ1) is 6.70. The molecule has 2 nitrogen and oxygen atoms in total. The molecule has 1 aromatic rings. The molecule has 1 aliphatic rings. The van der Waals surface area contributed by atoms with E-state index in [0.717, 1.165) is 13.1 Å². The summed E-state index contributed by atoms with van der Waals surface area (Å²) in [5, 5.41) is 0. The number of fused-ring (bicyclic) bond motifs is 1. The maximum atomic E-state index is 2.42. The largest absolute Gasteiger partial charge is 0.349 e. The molecule has 0 bridgehead atoms. The highest BCUT2D eigenvalue weighted by atomic mass is 32.2. The highest BCUT2D eigenvalue weighted by molar-refractivity contribution is 7.96. The molecule has 78 valence electrons. The molecule has 0 aliphatic carbocycles. The van der Waals surface area contributed by atoms with E-state index >= 15 is 0 Å². The van der Waals surface area contributed by atoms with Crippen LogP contribution < -0.4 is 0 Å². The van der Waals surface area contributed by atoms with E-state index in [4.69, 9.17) is 0 Å². The molecule has 14 heavy (non-hydrogen) atoms. The minimum absolute atomic E-state index is 0.649. The van der Waals surface area contributed by atoms with Crippen molar-refractivity contribution >= 4 is 11.9 Å². The predicted octanol–water partition coefficient (Wildman–Crippen LogP) is 2.71. The molecule has 0 N–H and O–H groups in total. The first-order valence-corrected chi connectivity index (χ1v) is 6.37. The summed E-state index contributed by atoms with van der Waals surface area (Å²) in [6.07, 6.45) is 4.47. The Morgan fingerprint density at radius 3 is 2.79 bits per heavy atom. The molecule has 0 amide bonds. The smallest absolute Gasteiger partial charge is 0.0494 e. The van der Waals surface area contributed by atoms with Gasteiger partial charge in [0.2, 0.25) is 0 Å². The SMILES string of the molecule is CSN1CCn2cc(C(C)C)cc2C1. The maximum Gasteiger partial charge on any atom is 0.0494 e. The standard InChI is InChI=1S/C11H18N2S/c1-9(2)10-6-11-8-13(14-3)5-4-12(11)7-10/h6-7,9H,4-5,8H2,1-3H3. The van der Waals surface area contributed by atoms with Crippen LogP contribution in [0.1, 0.15) is 31.0 Å². The summed E-state index contributed by atoms with van der Waals surface area (Å²) >= 11 is 1.85. The number of aromatic nitrogens is 1. The minimum Gasteiger partial charge on any atom is -0.349 e. The van der Waals surface area contributed by atoms with E-state index in [-0.39, 0.29) is 0 Å². The van der Waals surface area contributed by atoms with Crippen molar-refractivity contribution in [3.8, 4) is 0 Å². The monoisotopic (exact) mass is 210 g/mol. The number of nitrogens with zero attached hydrogens (tertiary/aromatic N) is 2. The molecular weight excluding hydrogens is 192 g/mol. The summed E-state index contributed by atoms with van der Waals surface area (Å²) in [6.45, 7) is 7.92. The van der Waals surface area contributed by atoms with Gasteiger partial charge in [-0.25, -0.2) is 4.31 Å². The molecule has 1 aromatic heterocycles. The maximum absolute atomic E-state index is 2.42. The van der Waals surface area contributed by atoms with E-state index in [1.807, 2.05) is 11.9 Å². The van der Waals surface area contributed by atoms with Crippen molar-refractivity contribution in [3.63, 3.8) is 0 Å². The molecule has 0 fully saturated rings. The average molecular weight is 210 g/mol. The molecule has 0 unspecified atom stereocenters. The summed E-state index contributed by atoms with van der Waals surface area (Å²) in [6, 6.07) is 2.35. The Balaban J connectivity index is 2.21. The van der Waals surface area contributed by atoms with E-state index in [2.05, 4.69) is 41.2 Å². The zero-order valence-electron chi connectivity index (χ0n) is 9.16. The van der Waals surface area contributed by atoms with Crippen molar-refractivity contribution in [3.05, 3.63) is 23.5 Å². The van der Waals surface area contributed by atoms with E-state index < -0.39 is 0 Å². The van der Waals surface area contributed by atoms with Gasteiger partial charge in [-0.3, -0.25) is 0 Å². The highest BCUT2D eigenvalue weighted by Gasteiger charge is 2.16. The van der Waals surface area contributed by atoms with Crippen LogP contribution in [0.15, 0.2) is 12.3 Å². The molecule has 0 saturated heterocycles. The average Bonchev–Trinajstić information content (AvgIpc) is 2.59. The Morgan fingerprint density at radius 1 is 1.36 bits per heavy atom. The molecule has 3 heteroatoms. The number of rotatable bonds is 2. The van der Waals surface area contributed by atoms with Crippen LogP contribution in [0.25, 0.3) is 0 Å². The van der Waals surface area contributed by atoms with Crippen molar-refractivity contribution in [1.82, 2.24) is 8.87 Å². The van der Waals surface area contributed by atoms with E-state index in [1.54, 1.807) is 0 Å². The normalized spacial score (nSPS) is 17.4. The Kier molecular flexibility index (Phi) is 2.88. The molecule has 1 aliphatic heterocycles. The molecule has 0 aromatic carbocycles. The number of hydrogen-bond donors (Lipinski definition) is 0. The molecular formula is C11H18N2S. The van der Waals surface area contributed by atoms with Crippen molar-refractivity contribution in [2.24, 2.45) is 0 Å². The Labute approximate surface area is 90.4 Å². The van der Waals surface area contributed by atoms with E-state index in [9.17, 15) is 0 Å². The van der Waals surface area contributed by atoms with Gasteiger partial charge in [-0.05, 0) is 23.8 Å². The fraction of sp³-hybridized carbons (Fsp3) is 0.636. The van der Waals surface area contributed by atoms with Crippen molar-refractivity contribution in [2.45, 2.75) is 32.9 Å². The van der Waals surface area contributed by atoms with E-state index in [1.165, 1.54) is 17.8 Å². The van der Waals surface area contributed by atoms with Gasteiger partial charge >= 0.3 is 0 Å². The van der Waals surface area contributed by atoms with Crippen LogP contribution in [0.2, 0.25) is 0 Å². The minimum atomic E-state index is 0.649. The molecule has 2 heterocycles. The van der Waals surface area contributed by atoms with Crippen molar-refractivity contribution in [2.75, 3.05) is 12.8 Å². The predicted molar refractivity (Wildman–Crippen MR) is 62.4 cm³/mol. The van der Waals surface area contributed by atoms with Crippen LogP contribution in [0, 0.1) is 0 Å². The van der Waals surface area contributed by atoms with Crippen LogP contribution in [0.5, 0.6) is 0 Å². The Hall–Kier alpha value is -0.410. The highest BCUT2D eigenvalue weighted by Crippen LogP contribution is 2.23. The van der Waals surface area contributed by atoms with Gasteiger partial charge in [0.25, 0.3) is 0 Å². The fourth-order valence-electron chi connectivity index (χ4n) is 1.87. The zero-order valence-corrected chi connectivity index (χ0v) is 9.97. The lowest BCUT2D eigenvalue weighted by atomic mass is 10.1. The third-order valence-corrected chi connectivity index (χ3v) is 3.69. The lowest BCUT2D eigenvalue weighted by molar-refractivity contribution is 0.377. The van der Waals surface area contributed by atoms with E-state index in [0.29, 0.717) is 5.92 Å². The summed E-state index contributed by atoms with van der Waals surface area (Å²) in [7, 11) is 0. The zero-order chi connectivity index (χ0) is 10.1. The van der Waals surface area contributed by atoms with Crippen LogP contribution in [-0.4, -0.2) is 21.7 Å². The van der Waals surface area contributed by atoms with Gasteiger partial charge in [0.1, 0.15) is 0 Å². The number of hydrogen-bond acceptors (Lipinski definition) is 2. The Bertz CT molecular complexity index is 317. The third kappa shape index (κ3) is 1.84. The summed E-state index contributed by atoms with van der Waals surface area (Å²) in [5.74, 6) is 0.649. The summed E-state index contributed by atoms with van der Waals surface area (Å²) in [4.78, 5) is 0. The van der Waals surface area contributed by atoms with Crippen LogP contribution >= 0.6 is 11.9 Å². The van der Waals surface area contributed by atoms with Gasteiger partial charge < -0.3 is 4.57 Å². The molecule has 0 atom stereocenters. The fourth-order valence-corrected chi connectivity index (χ4v) is 2.40. The quantitative estimate of drug-likeness (QED) is 0.694. The second kappa shape index (κ2) is 3.99. The van der Waals surface area contributed by atoms with Gasteiger partial charge in [0, 0.05) is 31.5 Å². The molecule has 0 spiro atoms. The van der Waals surface area contributed by atoms with Crippen molar-refractivity contribution < 1.29 is 0 Å². The molecule has 0 saturated carbocycles. The second-order valence-electron chi connectivity index (χ2n) is 4.16. The lowest BCUT2D eigenvalue weighted by Crippen LogP contribution is -2.27. The van der Waals surface area contributed by atoms with Gasteiger partial charge in [-0.1, -0.05) is 25.8 Å². The summed E-state index contributed by atoms with van der Waals surface area (Å²) < 4.78 is 4.82.